The zero-order valence-corrected chi connectivity index (χ0v) is 12.9. The summed E-state index contributed by atoms with van der Waals surface area (Å²) in [4.78, 5) is 8.77. The molecular weight excluding hydrogens is 296 g/mol. The van der Waals surface area contributed by atoms with Crippen LogP contribution >= 0.6 is 0 Å². The van der Waals surface area contributed by atoms with E-state index in [0.29, 0.717) is 6.54 Å². The number of hydrogen-bond acceptors (Lipinski definition) is 6. The van der Waals surface area contributed by atoms with Crippen LogP contribution in [0.3, 0.4) is 0 Å². The number of aromatic hydroxyl groups is 2. The van der Waals surface area contributed by atoms with Gasteiger partial charge in [-0.25, -0.2) is 4.98 Å². The van der Waals surface area contributed by atoms with Gasteiger partial charge >= 0.3 is 0 Å². The van der Waals surface area contributed by atoms with Crippen LogP contribution in [-0.4, -0.2) is 68.6 Å². The molecule has 1 aliphatic heterocycles. The van der Waals surface area contributed by atoms with Crippen LogP contribution < -0.4 is 4.90 Å². The minimum atomic E-state index is -0.652. The fourth-order valence-corrected chi connectivity index (χ4v) is 2.90. The van der Waals surface area contributed by atoms with Crippen molar-refractivity contribution in [2.24, 2.45) is 0 Å². The lowest BCUT2D eigenvalue weighted by molar-refractivity contribution is 0.0908. The lowest BCUT2D eigenvalue weighted by Crippen LogP contribution is -2.49. The molecule has 0 spiro atoms. The Hall–Kier alpha value is -2.25. The molecule has 0 saturated carbocycles. The summed E-state index contributed by atoms with van der Waals surface area (Å²) in [6, 6.07) is 8.71. The van der Waals surface area contributed by atoms with Crippen molar-refractivity contribution in [1.29, 1.82) is 0 Å². The van der Waals surface area contributed by atoms with Gasteiger partial charge in [-0.15, -0.1) is 0 Å². The van der Waals surface area contributed by atoms with Gasteiger partial charge in [-0.3, -0.25) is 9.47 Å². The molecule has 1 atom stereocenters. The van der Waals surface area contributed by atoms with E-state index in [1.807, 2.05) is 18.2 Å². The molecule has 7 heteroatoms. The first-order valence-electron chi connectivity index (χ1n) is 7.77. The number of aliphatic hydroxyl groups is 1. The highest BCUT2D eigenvalue weighted by Crippen LogP contribution is 2.21. The van der Waals surface area contributed by atoms with Crippen LogP contribution in [0.4, 0.5) is 5.82 Å². The number of rotatable bonds is 5. The molecule has 0 amide bonds. The molecule has 7 nitrogen and oxygen atoms in total. The third-order valence-corrected chi connectivity index (χ3v) is 4.14. The Morgan fingerprint density at radius 3 is 2.26 bits per heavy atom. The SMILES string of the molecule is Oc1ccc(O)n1CC(O)CN1CCN(c2ccccn2)CC1. The molecule has 2 aromatic rings. The van der Waals surface area contributed by atoms with Crippen molar-refractivity contribution in [3.05, 3.63) is 36.5 Å². The normalized spacial score (nSPS) is 17.3. The second-order valence-electron chi connectivity index (χ2n) is 5.79. The van der Waals surface area contributed by atoms with Gasteiger partial charge in [0, 0.05) is 51.1 Å². The average molecular weight is 318 g/mol. The maximum Gasteiger partial charge on any atom is 0.193 e. The van der Waals surface area contributed by atoms with Crippen molar-refractivity contribution in [1.82, 2.24) is 14.5 Å². The predicted octanol–water partition coefficient (Wildman–Crippen LogP) is 0.477. The monoisotopic (exact) mass is 318 g/mol. The number of nitrogens with zero attached hydrogens (tertiary/aromatic N) is 4. The van der Waals surface area contributed by atoms with E-state index in [-0.39, 0.29) is 18.3 Å². The molecule has 0 bridgehead atoms. The Balaban J connectivity index is 1.49. The van der Waals surface area contributed by atoms with Gasteiger partial charge in [-0.1, -0.05) is 6.07 Å². The van der Waals surface area contributed by atoms with Crippen LogP contribution in [-0.2, 0) is 6.54 Å². The van der Waals surface area contributed by atoms with E-state index in [1.165, 1.54) is 16.7 Å². The number of anilines is 1. The van der Waals surface area contributed by atoms with Gasteiger partial charge in [0.05, 0.1) is 12.6 Å². The highest BCUT2D eigenvalue weighted by Gasteiger charge is 2.21. The molecular formula is C16H22N4O3. The van der Waals surface area contributed by atoms with Gasteiger partial charge < -0.3 is 20.2 Å². The van der Waals surface area contributed by atoms with Crippen molar-refractivity contribution < 1.29 is 15.3 Å². The van der Waals surface area contributed by atoms with E-state index in [0.717, 1.165) is 32.0 Å². The summed E-state index contributed by atoms with van der Waals surface area (Å²) >= 11 is 0. The fourth-order valence-electron chi connectivity index (χ4n) is 2.90. The molecule has 1 saturated heterocycles. The molecule has 3 N–H and O–H groups in total. The number of aliphatic hydroxyl groups excluding tert-OH is 1. The quantitative estimate of drug-likeness (QED) is 0.743. The third kappa shape index (κ3) is 3.75. The van der Waals surface area contributed by atoms with Crippen molar-refractivity contribution in [3.63, 3.8) is 0 Å². The Kier molecular flexibility index (Phi) is 4.68. The Morgan fingerprint density at radius 2 is 1.65 bits per heavy atom. The minimum Gasteiger partial charge on any atom is -0.494 e. The highest BCUT2D eigenvalue weighted by atomic mass is 16.3. The number of hydrogen-bond donors (Lipinski definition) is 3. The standard InChI is InChI=1S/C16H22N4O3/c21-13(12-20-15(22)4-5-16(20)23)11-18-7-9-19(10-8-18)14-3-1-2-6-17-14/h1-6,13,21-23H,7-12H2. The summed E-state index contributed by atoms with van der Waals surface area (Å²) in [7, 11) is 0. The largest absolute Gasteiger partial charge is 0.494 e. The molecule has 2 aromatic heterocycles. The summed E-state index contributed by atoms with van der Waals surface area (Å²) in [5.41, 5.74) is 0. The summed E-state index contributed by atoms with van der Waals surface area (Å²) in [6.07, 6.45) is 1.14. The Bertz CT molecular complexity index is 604. The van der Waals surface area contributed by atoms with Gasteiger partial charge in [0.1, 0.15) is 5.82 Å². The van der Waals surface area contributed by atoms with Crippen molar-refractivity contribution in [3.8, 4) is 11.8 Å². The zero-order chi connectivity index (χ0) is 16.2. The van der Waals surface area contributed by atoms with E-state index < -0.39 is 6.10 Å². The van der Waals surface area contributed by atoms with E-state index in [4.69, 9.17) is 0 Å². The first kappa shape index (κ1) is 15.6. The molecule has 0 aromatic carbocycles. The van der Waals surface area contributed by atoms with Crippen LogP contribution in [0.5, 0.6) is 11.8 Å². The van der Waals surface area contributed by atoms with Crippen molar-refractivity contribution >= 4 is 5.82 Å². The van der Waals surface area contributed by atoms with E-state index >= 15 is 0 Å². The zero-order valence-electron chi connectivity index (χ0n) is 12.9. The van der Waals surface area contributed by atoms with Gasteiger partial charge in [-0.05, 0) is 12.1 Å². The smallest absolute Gasteiger partial charge is 0.193 e. The van der Waals surface area contributed by atoms with Crippen LogP contribution in [0.1, 0.15) is 0 Å². The summed E-state index contributed by atoms with van der Waals surface area (Å²) in [6.45, 7) is 4.10. The number of β-amino-alcohol motifs (C(OH)–C–C–N with tert-alkyl or cyclic N) is 1. The van der Waals surface area contributed by atoms with Crippen LogP contribution in [0.15, 0.2) is 36.5 Å². The fraction of sp³-hybridized carbons (Fsp3) is 0.438. The minimum absolute atomic E-state index is 0.0403. The first-order chi connectivity index (χ1) is 11.1. The molecule has 23 heavy (non-hydrogen) atoms. The topological polar surface area (TPSA) is 85.0 Å². The highest BCUT2D eigenvalue weighted by molar-refractivity contribution is 5.38. The second-order valence-corrected chi connectivity index (χ2v) is 5.79. The summed E-state index contributed by atoms with van der Waals surface area (Å²) in [5, 5.41) is 29.4. The molecule has 3 rings (SSSR count). The molecule has 124 valence electrons. The lowest BCUT2D eigenvalue weighted by Gasteiger charge is -2.36. The van der Waals surface area contributed by atoms with Crippen LogP contribution in [0.25, 0.3) is 0 Å². The van der Waals surface area contributed by atoms with Crippen molar-refractivity contribution in [2.45, 2.75) is 12.6 Å². The lowest BCUT2D eigenvalue weighted by atomic mass is 10.2. The second kappa shape index (κ2) is 6.89. The predicted molar refractivity (Wildman–Crippen MR) is 86.7 cm³/mol. The van der Waals surface area contributed by atoms with Crippen LogP contribution in [0, 0.1) is 0 Å². The Labute approximate surface area is 135 Å². The molecule has 1 fully saturated rings. The van der Waals surface area contributed by atoms with E-state index in [2.05, 4.69) is 14.8 Å². The maximum absolute atomic E-state index is 10.2. The Morgan fingerprint density at radius 1 is 0.957 bits per heavy atom. The van der Waals surface area contributed by atoms with Gasteiger partial charge in [0.15, 0.2) is 11.8 Å². The van der Waals surface area contributed by atoms with Gasteiger partial charge in [0.2, 0.25) is 0 Å². The molecule has 1 unspecified atom stereocenters. The molecule has 1 aliphatic rings. The maximum atomic E-state index is 10.2. The average Bonchev–Trinajstić information content (AvgIpc) is 2.88. The molecule has 0 radical (unpaired) electrons. The summed E-state index contributed by atoms with van der Waals surface area (Å²) < 4.78 is 1.30. The first-order valence-corrected chi connectivity index (χ1v) is 7.77. The third-order valence-electron chi connectivity index (χ3n) is 4.14. The number of aromatic nitrogens is 2. The van der Waals surface area contributed by atoms with Gasteiger partial charge in [0.25, 0.3) is 0 Å². The molecule has 3 heterocycles. The van der Waals surface area contributed by atoms with Crippen molar-refractivity contribution in [2.75, 3.05) is 37.6 Å². The summed E-state index contributed by atoms with van der Waals surface area (Å²) in [5.74, 6) is 0.901. The van der Waals surface area contributed by atoms with E-state index in [1.54, 1.807) is 6.20 Å². The number of pyridine rings is 1. The van der Waals surface area contributed by atoms with Crippen LogP contribution in [0.2, 0.25) is 0 Å². The number of piperazine rings is 1. The van der Waals surface area contributed by atoms with E-state index in [9.17, 15) is 15.3 Å². The molecule has 0 aliphatic carbocycles. The van der Waals surface area contributed by atoms with Gasteiger partial charge in [-0.2, -0.15) is 0 Å².